The number of esters is 1. The number of para-hydroxylation sites is 2. The van der Waals surface area contributed by atoms with Crippen LogP contribution in [0.1, 0.15) is 29.8 Å². The number of hydrogen-bond donors (Lipinski definition) is 2. The molecule has 2 heterocycles. The lowest BCUT2D eigenvalue weighted by molar-refractivity contribution is 0.0735. The summed E-state index contributed by atoms with van der Waals surface area (Å²) in [7, 11) is 3.30. The number of ether oxygens (including phenoxy) is 3. The van der Waals surface area contributed by atoms with Crippen molar-refractivity contribution < 1.29 is 19.0 Å². The maximum Gasteiger partial charge on any atom is 0.344 e. The lowest BCUT2D eigenvalue weighted by atomic mass is 9.88. The third-order valence-electron chi connectivity index (χ3n) is 6.39. The van der Waals surface area contributed by atoms with E-state index < -0.39 is 0 Å². The van der Waals surface area contributed by atoms with Gasteiger partial charge in [0.05, 0.1) is 31.0 Å². The number of carbonyl (C=O) groups excluding carboxylic acids is 1. The van der Waals surface area contributed by atoms with Crippen LogP contribution in [-0.2, 0) is 0 Å². The van der Waals surface area contributed by atoms with Gasteiger partial charge in [0.15, 0.2) is 0 Å². The zero-order valence-electron chi connectivity index (χ0n) is 21.8. The smallest absolute Gasteiger partial charge is 0.344 e. The van der Waals surface area contributed by atoms with Crippen LogP contribution in [0.25, 0.3) is 16.7 Å². The molecule has 1 aliphatic rings. The standard InChI is InChI=1S/C31H30N2O4S/c1-31(2)17-22(18-32-27-7-5-6-8-28(27)35-3)25-15-20(9-12-26(25)33-31)24-11-10-23(16-29(24)36-4)37-30(34)21-13-14-38-19-21/h5-17,19,32-33H,18H2,1-4H3. The second-order valence-electron chi connectivity index (χ2n) is 9.59. The molecule has 2 N–H and O–H groups in total. The molecule has 1 aromatic heterocycles. The van der Waals surface area contributed by atoms with Crippen molar-refractivity contribution in [2.75, 3.05) is 31.4 Å². The first-order chi connectivity index (χ1) is 18.4. The van der Waals surface area contributed by atoms with Crippen LogP contribution in [0.3, 0.4) is 0 Å². The Labute approximate surface area is 226 Å². The van der Waals surface area contributed by atoms with Crippen molar-refractivity contribution in [1.82, 2.24) is 0 Å². The summed E-state index contributed by atoms with van der Waals surface area (Å²) in [4.78, 5) is 12.4. The van der Waals surface area contributed by atoms with E-state index in [1.165, 1.54) is 16.9 Å². The average molecular weight is 527 g/mol. The summed E-state index contributed by atoms with van der Waals surface area (Å²) in [5.74, 6) is 1.48. The van der Waals surface area contributed by atoms with Gasteiger partial charge in [-0.25, -0.2) is 4.79 Å². The molecule has 4 aromatic rings. The molecule has 0 spiro atoms. The lowest BCUT2D eigenvalue weighted by Gasteiger charge is -2.33. The summed E-state index contributed by atoms with van der Waals surface area (Å²) < 4.78 is 16.8. The van der Waals surface area contributed by atoms with Crippen molar-refractivity contribution in [3.8, 4) is 28.4 Å². The van der Waals surface area contributed by atoms with E-state index in [9.17, 15) is 4.79 Å². The average Bonchev–Trinajstić information content (AvgIpc) is 3.46. The van der Waals surface area contributed by atoms with E-state index in [1.54, 1.807) is 37.8 Å². The van der Waals surface area contributed by atoms with Crippen LogP contribution >= 0.6 is 11.3 Å². The lowest BCUT2D eigenvalue weighted by Crippen LogP contribution is -2.32. The molecule has 0 amide bonds. The van der Waals surface area contributed by atoms with Crippen molar-refractivity contribution in [2.45, 2.75) is 19.4 Å². The van der Waals surface area contributed by atoms with Crippen molar-refractivity contribution in [3.63, 3.8) is 0 Å². The van der Waals surface area contributed by atoms with Gasteiger partial charge < -0.3 is 24.8 Å². The number of methoxy groups -OCH3 is 2. The minimum atomic E-state index is -0.388. The summed E-state index contributed by atoms with van der Waals surface area (Å²) in [5.41, 5.74) is 6.55. The van der Waals surface area contributed by atoms with E-state index in [4.69, 9.17) is 14.2 Å². The van der Waals surface area contributed by atoms with Gasteiger partial charge in [0.1, 0.15) is 17.2 Å². The Morgan fingerprint density at radius 2 is 1.76 bits per heavy atom. The number of rotatable bonds is 8. The Morgan fingerprint density at radius 1 is 0.947 bits per heavy atom. The molecule has 0 radical (unpaired) electrons. The second-order valence-corrected chi connectivity index (χ2v) is 10.4. The molecule has 1 aliphatic heterocycles. The Kier molecular flexibility index (Phi) is 7.11. The van der Waals surface area contributed by atoms with Crippen LogP contribution in [0.4, 0.5) is 11.4 Å². The number of fused-ring (bicyclic) bond motifs is 1. The van der Waals surface area contributed by atoms with Crippen molar-refractivity contribution in [1.29, 1.82) is 0 Å². The van der Waals surface area contributed by atoms with Gasteiger partial charge in [-0.05, 0) is 72.8 Å². The Balaban J connectivity index is 1.44. The molecule has 38 heavy (non-hydrogen) atoms. The zero-order chi connectivity index (χ0) is 26.7. The molecular weight excluding hydrogens is 496 g/mol. The number of nitrogens with one attached hydrogen (secondary N) is 2. The van der Waals surface area contributed by atoms with Crippen LogP contribution in [0.5, 0.6) is 17.2 Å². The molecule has 7 heteroatoms. The number of carbonyl (C=O) groups is 1. The summed E-state index contributed by atoms with van der Waals surface area (Å²) in [5, 5.41) is 10.8. The Hall–Kier alpha value is -4.23. The predicted molar refractivity (Wildman–Crippen MR) is 155 cm³/mol. The zero-order valence-corrected chi connectivity index (χ0v) is 22.6. The summed E-state index contributed by atoms with van der Waals surface area (Å²) >= 11 is 1.45. The van der Waals surface area contributed by atoms with Crippen LogP contribution in [0.2, 0.25) is 0 Å². The number of thiophene rings is 1. The molecular formula is C31H30N2O4S. The quantitative estimate of drug-likeness (QED) is 0.185. The maximum atomic E-state index is 12.4. The molecule has 0 saturated carbocycles. The van der Waals surface area contributed by atoms with Gasteiger partial charge in [-0.1, -0.05) is 24.3 Å². The molecule has 0 fully saturated rings. The fourth-order valence-electron chi connectivity index (χ4n) is 4.63. The summed E-state index contributed by atoms with van der Waals surface area (Å²) in [6.07, 6.45) is 2.26. The fraction of sp³-hybridized carbons (Fsp3) is 0.194. The van der Waals surface area contributed by atoms with Gasteiger partial charge in [-0.2, -0.15) is 11.3 Å². The van der Waals surface area contributed by atoms with Crippen LogP contribution in [0, 0.1) is 0 Å². The fourth-order valence-corrected chi connectivity index (χ4v) is 5.26. The van der Waals surface area contributed by atoms with Crippen LogP contribution in [0.15, 0.2) is 83.6 Å². The van der Waals surface area contributed by atoms with Gasteiger partial charge >= 0.3 is 5.97 Å². The van der Waals surface area contributed by atoms with E-state index in [0.717, 1.165) is 33.8 Å². The molecule has 0 unspecified atom stereocenters. The molecule has 194 valence electrons. The van der Waals surface area contributed by atoms with Gasteiger partial charge in [-0.15, -0.1) is 0 Å². The number of hydrogen-bond acceptors (Lipinski definition) is 7. The normalized spacial score (nSPS) is 13.5. The van der Waals surface area contributed by atoms with Crippen LogP contribution < -0.4 is 24.8 Å². The molecule has 0 atom stereocenters. The van der Waals surface area contributed by atoms with E-state index >= 15 is 0 Å². The van der Waals surface area contributed by atoms with Gasteiger partial charge in [0.25, 0.3) is 0 Å². The Morgan fingerprint density at radius 3 is 2.53 bits per heavy atom. The van der Waals surface area contributed by atoms with Crippen LogP contribution in [-0.4, -0.2) is 32.3 Å². The van der Waals surface area contributed by atoms with E-state index in [-0.39, 0.29) is 11.5 Å². The molecule has 0 bridgehead atoms. The molecule has 3 aromatic carbocycles. The van der Waals surface area contributed by atoms with E-state index in [1.807, 2.05) is 35.7 Å². The van der Waals surface area contributed by atoms with Crippen molar-refractivity contribution in [2.24, 2.45) is 0 Å². The Bertz CT molecular complexity index is 1490. The largest absolute Gasteiger partial charge is 0.496 e. The minimum Gasteiger partial charge on any atom is -0.496 e. The third kappa shape index (κ3) is 5.38. The van der Waals surface area contributed by atoms with E-state index in [2.05, 4.69) is 48.8 Å². The van der Waals surface area contributed by atoms with Gasteiger partial charge in [-0.3, -0.25) is 0 Å². The second kappa shape index (κ2) is 10.6. The first-order valence-electron chi connectivity index (χ1n) is 12.3. The summed E-state index contributed by atoms with van der Waals surface area (Å²) in [6, 6.07) is 21.5. The minimum absolute atomic E-state index is 0.196. The molecule has 6 nitrogen and oxygen atoms in total. The first kappa shape index (κ1) is 25.4. The summed E-state index contributed by atoms with van der Waals surface area (Å²) in [6.45, 7) is 4.95. The van der Waals surface area contributed by atoms with Gasteiger partial charge in [0.2, 0.25) is 0 Å². The third-order valence-corrected chi connectivity index (χ3v) is 7.07. The molecule has 5 rings (SSSR count). The molecule has 0 aliphatic carbocycles. The maximum absolute atomic E-state index is 12.4. The highest BCUT2D eigenvalue weighted by molar-refractivity contribution is 7.08. The number of anilines is 2. The number of benzene rings is 3. The SMILES string of the molecule is COc1ccccc1NCC1=CC(C)(C)Nc2ccc(-c3ccc(OC(=O)c4ccsc4)cc3OC)cc21. The van der Waals surface area contributed by atoms with Crippen molar-refractivity contribution in [3.05, 3.63) is 94.7 Å². The van der Waals surface area contributed by atoms with Crippen molar-refractivity contribution >= 4 is 34.3 Å². The predicted octanol–water partition coefficient (Wildman–Crippen LogP) is 7.35. The monoisotopic (exact) mass is 526 g/mol. The van der Waals surface area contributed by atoms with E-state index in [0.29, 0.717) is 23.6 Å². The first-order valence-corrected chi connectivity index (χ1v) is 13.2. The molecule has 0 saturated heterocycles. The highest BCUT2D eigenvalue weighted by Gasteiger charge is 2.25. The highest BCUT2D eigenvalue weighted by atomic mass is 32.1. The highest BCUT2D eigenvalue weighted by Crippen LogP contribution is 2.40. The van der Waals surface area contributed by atoms with Gasteiger partial charge in [0, 0.05) is 34.8 Å². The topological polar surface area (TPSA) is 68.8 Å².